The Bertz CT molecular complexity index is 1120. The smallest absolute Gasteiger partial charge is 0.326 e. The molecule has 9 heteroatoms. The molecule has 0 aliphatic carbocycles. The van der Waals surface area contributed by atoms with Crippen molar-refractivity contribution < 1.29 is 14.3 Å². The normalized spacial score (nSPS) is 20.7. The lowest BCUT2D eigenvalue weighted by molar-refractivity contribution is -0.153. The summed E-state index contributed by atoms with van der Waals surface area (Å²) < 4.78 is 10.8. The molecule has 7 nitrogen and oxygen atoms in total. The summed E-state index contributed by atoms with van der Waals surface area (Å²) in [6, 6.07) is 7.78. The molecule has 1 aromatic carbocycles. The number of hydrogen-bond donors (Lipinski definition) is 1. The minimum absolute atomic E-state index is 0.104. The number of fused-ring (bicyclic) bond motifs is 1. The predicted molar refractivity (Wildman–Crippen MR) is 132 cm³/mol. The van der Waals surface area contributed by atoms with E-state index in [4.69, 9.17) is 26.1 Å². The van der Waals surface area contributed by atoms with Crippen molar-refractivity contribution in [2.24, 2.45) is 0 Å². The predicted octanol–water partition coefficient (Wildman–Crippen LogP) is 4.82. The fourth-order valence-electron chi connectivity index (χ4n) is 4.40. The van der Waals surface area contributed by atoms with Gasteiger partial charge in [-0.1, -0.05) is 24.6 Å². The molecule has 0 radical (unpaired) electrons. The molecule has 0 bridgehead atoms. The zero-order valence-corrected chi connectivity index (χ0v) is 20.7. The Hall–Kier alpha value is -2.42. The summed E-state index contributed by atoms with van der Waals surface area (Å²) in [6.45, 7) is 5.47. The second kappa shape index (κ2) is 10.2. The molecule has 0 saturated carbocycles. The second-order valence-electron chi connectivity index (χ2n) is 8.19. The number of methoxy groups -OCH3 is 1. The maximum absolute atomic E-state index is 13.2. The molecule has 176 valence electrons. The molecule has 1 aliphatic heterocycles. The number of piperidine rings is 1. The summed E-state index contributed by atoms with van der Waals surface area (Å²) in [5.74, 6) is 1.14. The van der Waals surface area contributed by atoms with Crippen molar-refractivity contribution in [1.29, 1.82) is 0 Å². The quantitative estimate of drug-likeness (QED) is 0.455. The average molecular weight is 489 g/mol. The van der Waals surface area contributed by atoms with Gasteiger partial charge in [-0.15, -0.1) is 11.3 Å². The van der Waals surface area contributed by atoms with Gasteiger partial charge in [0.15, 0.2) is 0 Å². The molecule has 1 N–H and O–H groups in total. The molecule has 0 spiro atoms. The summed E-state index contributed by atoms with van der Waals surface area (Å²) in [5, 5.41) is 7.14. The van der Waals surface area contributed by atoms with Crippen molar-refractivity contribution in [2.75, 3.05) is 25.2 Å². The molecule has 2 atom stereocenters. The van der Waals surface area contributed by atoms with Crippen molar-refractivity contribution in [3.8, 4) is 5.75 Å². The van der Waals surface area contributed by atoms with Gasteiger partial charge in [-0.25, -0.2) is 9.97 Å². The van der Waals surface area contributed by atoms with E-state index in [-0.39, 0.29) is 12.0 Å². The Morgan fingerprint density at radius 3 is 2.94 bits per heavy atom. The first kappa shape index (κ1) is 23.7. The summed E-state index contributed by atoms with van der Waals surface area (Å²) in [5.41, 5.74) is 0.193. The molecule has 2 aromatic heterocycles. The Balaban J connectivity index is 1.56. The number of esters is 1. The Kier molecular flexibility index (Phi) is 7.36. The lowest BCUT2D eigenvalue weighted by Gasteiger charge is -2.45. The molecule has 1 saturated heterocycles. The van der Waals surface area contributed by atoms with Gasteiger partial charge < -0.3 is 14.4 Å². The first-order chi connectivity index (χ1) is 16.0. The van der Waals surface area contributed by atoms with E-state index >= 15 is 0 Å². The van der Waals surface area contributed by atoms with Crippen LogP contribution in [0.1, 0.15) is 38.7 Å². The maximum atomic E-state index is 13.2. The molecule has 3 aromatic rings. The van der Waals surface area contributed by atoms with Crippen LogP contribution in [0.25, 0.3) is 10.2 Å². The highest BCUT2D eigenvalue weighted by molar-refractivity contribution is 7.16. The van der Waals surface area contributed by atoms with Crippen LogP contribution in [-0.2, 0) is 16.1 Å². The first-order valence-electron chi connectivity index (χ1n) is 11.2. The minimum atomic E-state index is -0.785. The summed E-state index contributed by atoms with van der Waals surface area (Å²) in [7, 11) is 1.59. The Labute approximate surface area is 203 Å². The van der Waals surface area contributed by atoms with E-state index in [1.807, 2.05) is 42.8 Å². The monoisotopic (exact) mass is 488 g/mol. The largest absolute Gasteiger partial charge is 0.495 e. The molecular weight excluding hydrogens is 460 g/mol. The Morgan fingerprint density at radius 1 is 1.36 bits per heavy atom. The van der Waals surface area contributed by atoms with Crippen LogP contribution in [0.5, 0.6) is 5.75 Å². The fourth-order valence-corrected chi connectivity index (χ4v) is 5.42. The highest BCUT2D eigenvalue weighted by atomic mass is 35.5. The van der Waals surface area contributed by atoms with Gasteiger partial charge in [0.05, 0.1) is 18.7 Å². The van der Waals surface area contributed by atoms with E-state index in [0.29, 0.717) is 43.3 Å². The van der Waals surface area contributed by atoms with E-state index < -0.39 is 5.54 Å². The van der Waals surface area contributed by atoms with Crippen LogP contribution in [0, 0.1) is 0 Å². The maximum Gasteiger partial charge on any atom is 0.326 e. The molecule has 4 rings (SSSR count). The molecule has 0 amide bonds. The lowest BCUT2D eigenvalue weighted by atomic mass is 9.82. The minimum Gasteiger partial charge on any atom is -0.495 e. The third-order valence-corrected chi connectivity index (χ3v) is 7.36. The van der Waals surface area contributed by atoms with Crippen molar-refractivity contribution in [1.82, 2.24) is 15.3 Å². The highest BCUT2D eigenvalue weighted by Crippen LogP contribution is 2.34. The number of hydrogen-bond acceptors (Lipinski definition) is 8. The van der Waals surface area contributed by atoms with E-state index in [0.717, 1.165) is 28.1 Å². The van der Waals surface area contributed by atoms with Gasteiger partial charge in [0.25, 0.3) is 0 Å². The molecule has 3 heterocycles. The first-order valence-corrected chi connectivity index (χ1v) is 12.5. The topological polar surface area (TPSA) is 76.6 Å². The number of carbonyl (C=O) groups is 1. The van der Waals surface area contributed by atoms with E-state index in [1.165, 1.54) is 0 Å². The number of halogens is 1. The number of aromatic nitrogens is 2. The van der Waals surface area contributed by atoms with Crippen LogP contribution in [0.2, 0.25) is 5.02 Å². The number of nitrogens with zero attached hydrogens (tertiary/aromatic N) is 3. The molecule has 33 heavy (non-hydrogen) atoms. The standard InChI is InChI=1S/C24H29ClN4O3S/c1-4-18-13-24(22(30)32-5-2,27-14-16-6-7-20(31-3)19(25)12-16)9-10-29(18)23-26-15-17-8-11-33-21(17)28-23/h6-8,11-12,15,18,27H,4-5,9-10,13-14H2,1-3H3. The van der Waals surface area contributed by atoms with Crippen LogP contribution in [-0.4, -0.2) is 47.8 Å². The summed E-state index contributed by atoms with van der Waals surface area (Å²) >= 11 is 7.91. The van der Waals surface area contributed by atoms with E-state index in [9.17, 15) is 4.79 Å². The third kappa shape index (κ3) is 4.93. The van der Waals surface area contributed by atoms with E-state index in [1.54, 1.807) is 18.4 Å². The van der Waals surface area contributed by atoms with Gasteiger partial charge in [0.2, 0.25) is 5.95 Å². The highest BCUT2D eigenvalue weighted by Gasteiger charge is 2.46. The molecule has 1 aliphatic rings. The number of nitrogens with one attached hydrogen (secondary N) is 1. The number of rotatable bonds is 8. The SMILES string of the molecule is CCOC(=O)C1(NCc2ccc(OC)c(Cl)c2)CCN(c2ncc3ccsc3n2)C(CC)C1. The number of anilines is 1. The zero-order chi connectivity index (χ0) is 23.4. The van der Waals surface area contributed by atoms with Gasteiger partial charge in [-0.05, 0) is 55.3 Å². The van der Waals surface area contributed by atoms with Crippen LogP contribution < -0.4 is 15.0 Å². The van der Waals surface area contributed by atoms with Crippen molar-refractivity contribution >= 4 is 45.1 Å². The number of benzene rings is 1. The van der Waals surface area contributed by atoms with E-state index in [2.05, 4.69) is 22.1 Å². The third-order valence-electron chi connectivity index (χ3n) is 6.24. The summed E-state index contributed by atoms with van der Waals surface area (Å²) in [4.78, 5) is 25.8. The lowest BCUT2D eigenvalue weighted by Crippen LogP contribution is -2.62. The van der Waals surface area contributed by atoms with Gasteiger partial charge >= 0.3 is 5.97 Å². The zero-order valence-electron chi connectivity index (χ0n) is 19.1. The van der Waals surface area contributed by atoms with Crippen LogP contribution in [0.3, 0.4) is 0 Å². The summed E-state index contributed by atoms with van der Waals surface area (Å²) in [6.07, 6.45) is 3.94. The average Bonchev–Trinajstić information content (AvgIpc) is 3.30. The number of ether oxygens (including phenoxy) is 2. The van der Waals surface area contributed by atoms with Crippen LogP contribution in [0.15, 0.2) is 35.8 Å². The fraction of sp³-hybridized carbons (Fsp3) is 0.458. The molecular formula is C24H29ClN4O3S. The van der Waals surface area contributed by atoms with Crippen molar-refractivity contribution in [3.63, 3.8) is 0 Å². The van der Waals surface area contributed by atoms with Gasteiger partial charge in [0, 0.05) is 30.7 Å². The van der Waals surface area contributed by atoms with Gasteiger partial charge in [0.1, 0.15) is 16.1 Å². The molecule has 2 unspecified atom stereocenters. The van der Waals surface area contributed by atoms with Crippen LogP contribution in [0.4, 0.5) is 5.95 Å². The Morgan fingerprint density at radius 2 is 2.21 bits per heavy atom. The number of carbonyl (C=O) groups excluding carboxylic acids is 1. The molecule has 1 fully saturated rings. The van der Waals surface area contributed by atoms with Gasteiger partial charge in [-0.3, -0.25) is 10.1 Å². The van der Waals surface area contributed by atoms with Crippen molar-refractivity contribution in [2.45, 2.75) is 51.2 Å². The number of thiophene rings is 1. The van der Waals surface area contributed by atoms with Gasteiger partial charge in [-0.2, -0.15) is 0 Å². The van der Waals surface area contributed by atoms with Crippen molar-refractivity contribution in [3.05, 3.63) is 46.4 Å². The second-order valence-corrected chi connectivity index (χ2v) is 9.49. The van der Waals surface area contributed by atoms with Crippen LogP contribution >= 0.6 is 22.9 Å².